The van der Waals surface area contributed by atoms with E-state index < -0.39 is 0 Å². The highest BCUT2D eigenvalue weighted by Gasteiger charge is 2.13. The molecule has 0 bridgehead atoms. The molecule has 0 atom stereocenters. The van der Waals surface area contributed by atoms with Gasteiger partial charge >= 0.3 is 0 Å². The predicted molar refractivity (Wildman–Crippen MR) is 70.2 cm³/mol. The number of fused-ring (bicyclic) bond motifs is 1. The average Bonchev–Trinajstić information content (AvgIpc) is 2.27. The summed E-state index contributed by atoms with van der Waals surface area (Å²) in [6, 6.07) is 7.43. The fourth-order valence-corrected chi connectivity index (χ4v) is 2.06. The van der Waals surface area contributed by atoms with Crippen molar-refractivity contribution in [2.24, 2.45) is 0 Å². The molecule has 1 nitrogen and oxygen atoms in total. The van der Waals surface area contributed by atoms with E-state index in [1.54, 1.807) is 0 Å². The van der Waals surface area contributed by atoms with E-state index in [-0.39, 0.29) is 0 Å². The molecular formula is C15H21N. The van der Waals surface area contributed by atoms with Gasteiger partial charge < -0.3 is 4.90 Å². The Morgan fingerprint density at radius 3 is 2.50 bits per heavy atom. The molecular weight excluding hydrogens is 194 g/mol. The van der Waals surface area contributed by atoms with Gasteiger partial charge in [-0.15, -0.1) is 0 Å². The van der Waals surface area contributed by atoms with Gasteiger partial charge in [-0.1, -0.05) is 32.0 Å². The van der Waals surface area contributed by atoms with E-state index in [4.69, 9.17) is 0 Å². The normalized spacial score (nSPS) is 14.8. The minimum atomic E-state index is 0.576. The third-order valence-electron chi connectivity index (χ3n) is 3.30. The first-order valence-electron chi connectivity index (χ1n) is 6.14. The Bertz CT molecular complexity index is 402. The Hall–Kier alpha value is -1.24. The van der Waals surface area contributed by atoms with E-state index in [0.29, 0.717) is 12.0 Å². The summed E-state index contributed by atoms with van der Waals surface area (Å²) in [6.07, 6.45) is 4.44. The summed E-state index contributed by atoms with van der Waals surface area (Å²) in [5.41, 5.74) is 4.28. The zero-order valence-corrected chi connectivity index (χ0v) is 10.7. The van der Waals surface area contributed by atoms with Gasteiger partial charge in [-0.05, 0) is 42.5 Å². The molecule has 0 aliphatic carbocycles. The van der Waals surface area contributed by atoms with Crippen LogP contribution >= 0.6 is 0 Å². The SMILES string of the molecule is CC(C)c1ccc2c(c1)CN(C(C)C)C=C2. The molecule has 1 aliphatic heterocycles. The van der Waals surface area contributed by atoms with Crippen LogP contribution in [0.4, 0.5) is 0 Å². The molecule has 0 amide bonds. The summed E-state index contributed by atoms with van der Waals surface area (Å²) in [6.45, 7) is 10.0. The molecule has 0 unspecified atom stereocenters. The summed E-state index contributed by atoms with van der Waals surface area (Å²) < 4.78 is 0. The minimum absolute atomic E-state index is 0.576. The van der Waals surface area contributed by atoms with Crippen LogP contribution in [0, 0.1) is 0 Å². The first-order chi connectivity index (χ1) is 7.58. The van der Waals surface area contributed by atoms with Crippen LogP contribution in [0.2, 0.25) is 0 Å². The molecule has 1 aromatic rings. The van der Waals surface area contributed by atoms with Crippen molar-refractivity contribution in [1.29, 1.82) is 0 Å². The fourth-order valence-electron chi connectivity index (χ4n) is 2.06. The second-order valence-electron chi connectivity index (χ2n) is 5.19. The highest BCUT2D eigenvalue weighted by Crippen LogP contribution is 2.25. The van der Waals surface area contributed by atoms with E-state index in [0.717, 1.165) is 6.54 Å². The van der Waals surface area contributed by atoms with Crippen LogP contribution in [-0.2, 0) is 6.54 Å². The van der Waals surface area contributed by atoms with E-state index in [2.05, 4.69) is 63.1 Å². The highest BCUT2D eigenvalue weighted by molar-refractivity contribution is 5.56. The Labute approximate surface area is 98.8 Å². The van der Waals surface area contributed by atoms with Crippen LogP contribution in [0.5, 0.6) is 0 Å². The lowest BCUT2D eigenvalue weighted by molar-refractivity contribution is 0.301. The minimum Gasteiger partial charge on any atom is -0.371 e. The van der Waals surface area contributed by atoms with Gasteiger partial charge in [0, 0.05) is 18.8 Å². The third kappa shape index (κ3) is 2.13. The van der Waals surface area contributed by atoms with Crippen molar-refractivity contribution in [3.05, 3.63) is 41.1 Å². The quantitative estimate of drug-likeness (QED) is 0.720. The zero-order chi connectivity index (χ0) is 11.7. The summed E-state index contributed by atoms with van der Waals surface area (Å²) in [4.78, 5) is 2.38. The van der Waals surface area contributed by atoms with Crippen molar-refractivity contribution in [3.8, 4) is 0 Å². The third-order valence-corrected chi connectivity index (χ3v) is 3.30. The Morgan fingerprint density at radius 2 is 1.88 bits per heavy atom. The van der Waals surface area contributed by atoms with E-state index >= 15 is 0 Å². The molecule has 1 heterocycles. The topological polar surface area (TPSA) is 3.24 Å². The summed E-state index contributed by atoms with van der Waals surface area (Å²) in [5.74, 6) is 0.615. The molecule has 0 fully saturated rings. The molecule has 0 saturated heterocycles. The lowest BCUT2D eigenvalue weighted by atomic mass is 9.95. The molecule has 2 rings (SSSR count). The van der Waals surface area contributed by atoms with Gasteiger partial charge in [0.2, 0.25) is 0 Å². The first-order valence-corrected chi connectivity index (χ1v) is 6.14. The highest BCUT2D eigenvalue weighted by atomic mass is 15.1. The van der Waals surface area contributed by atoms with Crippen LogP contribution in [-0.4, -0.2) is 10.9 Å². The average molecular weight is 215 g/mol. The molecule has 1 aliphatic rings. The lowest BCUT2D eigenvalue weighted by Gasteiger charge is -2.29. The van der Waals surface area contributed by atoms with Crippen LogP contribution in [0.25, 0.3) is 6.08 Å². The van der Waals surface area contributed by atoms with Crippen LogP contribution in [0.15, 0.2) is 24.4 Å². The Morgan fingerprint density at radius 1 is 1.12 bits per heavy atom. The summed E-state index contributed by atoms with van der Waals surface area (Å²) >= 11 is 0. The molecule has 0 N–H and O–H groups in total. The van der Waals surface area contributed by atoms with Crippen molar-refractivity contribution in [1.82, 2.24) is 4.90 Å². The number of hydrogen-bond acceptors (Lipinski definition) is 1. The maximum Gasteiger partial charge on any atom is 0.0432 e. The van der Waals surface area contributed by atoms with Gasteiger partial charge in [-0.3, -0.25) is 0 Å². The standard InChI is InChI=1S/C15H21N/c1-11(2)14-6-5-13-7-8-16(12(3)4)10-15(13)9-14/h5-9,11-12H,10H2,1-4H3. The van der Waals surface area contributed by atoms with Crippen LogP contribution in [0.3, 0.4) is 0 Å². The van der Waals surface area contributed by atoms with Crippen molar-refractivity contribution < 1.29 is 0 Å². The second kappa shape index (κ2) is 4.32. The second-order valence-corrected chi connectivity index (χ2v) is 5.19. The molecule has 16 heavy (non-hydrogen) atoms. The van der Waals surface area contributed by atoms with Crippen molar-refractivity contribution >= 4 is 6.08 Å². The molecule has 86 valence electrons. The number of hydrogen-bond donors (Lipinski definition) is 0. The number of nitrogens with zero attached hydrogens (tertiary/aromatic N) is 1. The van der Waals surface area contributed by atoms with E-state index in [9.17, 15) is 0 Å². The van der Waals surface area contributed by atoms with Gasteiger partial charge in [0.15, 0.2) is 0 Å². The smallest absolute Gasteiger partial charge is 0.0432 e. The molecule has 1 aromatic carbocycles. The first kappa shape index (κ1) is 11.3. The number of rotatable bonds is 2. The van der Waals surface area contributed by atoms with Gasteiger partial charge in [-0.25, -0.2) is 0 Å². The summed E-state index contributed by atoms with van der Waals surface area (Å²) in [5, 5.41) is 0. The van der Waals surface area contributed by atoms with Crippen LogP contribution < -0.4 is 0 Å². The molecule has 0 saturated carbocycles. The summed E-state index contributed by atoms with van der Waals surface area (Å²) in [7, 11) is 0. The lowest BCUT2D eigenvalue weighted by Crippen LogP contribution is -2.26. The monoisotopic (exact) mass is 215 g/mol. The van der Waals surface area contributed by atoms with Crippen LogP contribution in [0.1, 0.15) is 50.3 Å². The van der Waals surface area contributed by atoms with Gasteiger partial charge in [0.1, 0.15) is 0 Å². The Kier molecular flexibility index (Phi) is 3.04. The number of benzene rings is 1. The van der Waals surface area contributed by atoms with E-state index in [1.807, 2.05) is 0 Å². The van der Waals surface area contributed by atoms with Gasteiger partial charge in [0.25, 0.3) is 0 Å². The van der Waals surface area contributed by atoms with Crippen molar-refractivity contribution in [3.63, 3.8) is 0 Å². The fraction of sp³-hybridized carbons (Fsp3) is 0.467. The van der Waals surface area contributed by atoms with E-state index in [1.165, 1.54) is 16.7 Å². The van der Waals surface area contributed by atoms with Crippen molar-refractivity contribution in [2.45, 2.75) is 46.2 Å². The molecule has 0 spiro atoms. The molecule has 0 aromatic heterocycles. The van der Waals surface area contributed by atoms with Gasteiger partial charge in [-0.2, -0.15) is 0 Å². The zero-order valence-electron chi connectivity index (χ0n) is 10.7. The maximum atomic E-state index is 2.38. The molecule has 1 heteroatoms. The largest absolute Gasteiger partial charge is 0.371 e. The maximum absolute atomic E-state index is 2.38. The van der Waals surface area contributed by atoms with Crippen molar-refractivity contribution in [2.75, 3.05) is 0 Å². The Balaban J connectivity index is 2.31. The van der Waals surface area contributed by atoms with Gasteiger partial charge in [0.05, 0.1) is 0 Å². The predicted octanol–water partition coefficient (Wildman–Crippen LogP) is 4.00. The molecule has 0 radical (unpaired) electrons.